The van der Waals surface area contributed by atoms with Crippen molar-refractivity contribution in [1.82, 2.24) is 0 Å². The largest absolute Gasteiger partial charge is 0.478 e. The van der Waals surface area contributed by atoms with E-state index in [1.165, 1.54) is 6.07 Å². The molecule has 7 heteroatoms. The Hall–Kier alpha value is -1.76. The molecule has 0 atom stereocenters. The lowest BCUT2D eigenvalue weighted by Crippen LogP contribution is -2.26. The number of sulfone groups is 1. The third-order valence-electron chi connectivity index (χ3n) is 2.46. The van der Waals surface area contributed by atoms with Crippen molar-refractivity contribution in [3.8, 4) is 0 Å². The first kappa shape index (κ1) is 14.3. The molecule has 0 heterocycles. The Balaban J connectivity index is 2.98. The van der Waals surface area contributed by atoms with Gasteiger partial charge < -0.3 is 15.7 Å². The normalized spacial score (nSPS) is 11.2. The van der Waals surface area contributed by atoms with Gasteiger partial charge in [-0.2, -0.15) is 0 Å². The number of rotatable bonds is 5. The summed E-state index contributed by atoms with van der Waals surface area (Å²) in [4.78, 5) is 12.7. The topological polar surface area (TPSA) is 101 Å². The van der Waals surface area contributed by atoms with Gasteiger partial charge in [-0.25, -0.2) is 13.2 Å². The van der Waals surface area contributed by atoms with Crippen molar-refractivity contribution in [2.45, 2.75) is 0 Å². The molecule has 18 heavy (non-hydrogen) atoms. The van der Waals surface area contributed by atoms with E-state index in [-0.39, 0.29) is 17.9 Å². The summed E-state index contributed by atoms with van der Waals surface area (Å²) in [5, 5.41) is 9.07. The molecule has 0 unspecified atom stereocenters. The molecule has 0 radical (unpaired) electrons. The first-order valence-corrected chi connectivity index (χ1v) is 7.28. The summed E-state index contributed by atoms with van der Waals surface area (Å²) in [5.74, 6) is -1.13. The molecular weight excluding hydrogens is 256 g/mol. The van der Waals surface area contributed by atoms with Gasteiger partial charge in [0.25, 0.3) is 0 Å². The molecule has 100 valence electrons. The molecule has 0 saturated carbocycles. The van der Waals surface area contributed by atoms with Crippen LogP contribution in [0.2, 0.25) is 0 Å². The predicted molar refractivity (Wildman–Crippen MR) is 70.8 cm³/mol. The van der Waals surface area contributed by atoms with Crippen molar-refractivity contribution in [1.29, 1.82) is 0 Å². The van der Waals surface area contributed by atoms with Gasteiger partial charge in [0.2, 0.25) is 0 Å². The summed E-state index contributed by atoms with van der Waals surface area (Å²) >= 11 is 0. The van der Waals surface area contributed by atoms with Crippen LogP contribution in [0.3, 0.4) is 0 Å². The number of anilines is 2. The van der Waals surface area contributed by atoms with Crippen LogP contribution in [0.1, 0.15) is 10.4 Å². The second-order valence-corrected chi connectivity index (χ2v) is 6.39. The zero-order chi connectivity index (χ0) is 13.9. The summed E-state index contributed by atoms with van der Waals surface area (Å²) in [6.45, 7) is 0.225. The fraction of sp³-hybridized carbons (Fsp3) is 0.364. The average molecular weight is 272 g/mol. The van der Waals surface area contributed by atoms with E-state index in [0.29, 0.717) is 11.4 Å². The highest BCUT2D eigenvalue weighted by Crippen LogP contribution is 2.22. The molecule has 1 aromatic rings. The lowest BCUT2D eigenvalue weighted by molar-refractivity contribution is 0.0697. The van der Waals surface area contributed by atoms with Gasteiger partial charge in [-0.15, -0.1) is 0 Å². The summed E-state index contributed by atoms with van der Waals surface area (Å²) in [5.41, 5.74) is 6.39. The van der Waals surface area contributed by atoms with Gasteiger partial charge in [0.05, 0.1) is 17.0 Å². The quantitative estimate of drug-likeness (QED) is 0.755. The van der Waals surface area contributed by atoms with Crippen molar-refractivity contribution < 1.29 is 18.3 Å². The SMILES string of the molecule is CN(CCS(C)(=O)=O)c1ccc(N)cc1C(=O)O. The molecule has 0 amide bonds. The summed E-state index contributed by atoms with van der Waals surface area (Å²) in [7, 11) is -1.44. The standard InChI is InChI=1S/C11H16N2O4S/c1-13(5-6-18(2,16)17)10-4-3-8(12)7-9(10)11(14)15/h3-4,7H,5-6,12H2,1-2H3,(H,14,15). The maximum absolute atomic E-state index is 11.1. The van der Waals surface area contributed by atoms with E-state index in [2.05, 4.69) is 0 Å². The Bertz CT molecular complexity index is 554. The van der Waals surface area contributed by atoms with Gasteiger partial charge in [-0.1, -0.05) is 0 Å². The Morgan fingerprint density at radius 2 is 2.06 bits per heavy atom. The van der Waals surface area contributed by atoms with E-state index in [9.17, 15) is 13.2 Å². The molecule has 1 rings (SSSR count). The summed E-state index contributed by atoms with van der Waals surface area (Å²) in [6.07, 6.45) is 1.14. The van der Waals surface area contributed by atoms with Gasteiger partial charge in [0, 0.05) is 25.5 Å². The first-order chi connectivity index (χ1) is 8.20. The molecular formula is C11H16N2O4S. The molecule has 3 N–H and O–H groups in total. The van der Waals surface area contributed by atoms with E-state index >= 15 is 0 Å². The Morgan fingerprint density at radius 1 is 1.44 bits per heavy atom. The predicted octanol–water partition coefficient (Wildman–Crippen LogP) is 0.448. The Labute approximate surface area is 106 Å². The highest BCUT2D eigenvalue weighted by Gasteiger charge is 2.15. The number of nitrogen functional groups attached to an aromatic ring is 1. The minimum atomic E-state index is -3.08. The van der Waals surface area contributed by atoms with Crippen LogP contribution in [-0.2, 0) is 9.84 Å². The number of nitrogens with zero attached hydrogens (tertiary/aromatic N) is 1. The number of hydrogen-bond acceptors (Lipinski definition) is 5. The number of carboxylic acid groups (broad SMARTS) is 1. The van der Waals surface area contributed by atoms with Crippen LogP contribution in [-0.4, -0.2) is 45.1 Å². The van der Waals surface area contributed by atoms with E-state index < -0.39 is 15.8 Å². The number of carbonyl (C=O) groups is 1. The van der Waals surface area contributed by atoms with Gasteiger partial charge >= 0.3 is 5.97 Å². The monoisotopic (exact) mass is 272 g/mol. The molecule has 1 aromatic carbocycles. The Morgan fingerprint density at radius 3 is 2.56 bits per heavy atom. The van der Waals surface area contributed by atoms with E-state index in [0.717, 1.165) is 6.26 Å². The van der Waals surface area contributed by atoms with Crippen molar-refractivity contribution in [2.75, 3.05) is 36.2 Å². The zero-order valence-corrected chi connectivity index (χ0v) is 11.1. The van der Waals surface area contributed by atoms with Gasteiger partial charge in [-0.05, 0) is 18.2 Å². The van der Waals surface area contributed by atoms with Crippen molar-refractivity contribution in [2.24, 2.45) is 0 Å². The Kier molecular flexibility index (Phi) is 4.18. The maximum Gasteiger partial charge on any atom is 0.337 e. The zero-order valence-electron chi connectivity index (χ0n) is 10.3. The summed E-state index contributed by atoms with van der Waals surface area (Å²) in [6, 6.07) is 4.51. The highest BCUT2D eigenvalue weighted by atomic mass is 32.2. The lowest BCUT2D eigenvalue weighted by Gasteiger charge is -2.21. The number of benzene rings is 1. The minimum Gasteiger partial charge on any atom is -0.478 e. The molecule has 0 aliphatic carbocycles. The molecule has 0 saturated heterocycles. The van der Waals surface area contributed by atoms with Gasteiger partial charge in [0.15, 0.2) is 0 Å². The summed E-state index contributed by atoms with van der Waals surface area (Å²) < 4.78 is 22.2. The van der Waals surface area contributed by atoms with Crippen LogP contribution < -0.4 is 10.6 Å². The molecule has 0 aliphatic rings. The second-order valence-electron chi connectivity index (χ2n) is 4.13. The van der Waals surface area contributed by atoms with Gasteiger partial charge in [-0.3, -0.25) is 0 Å². The first-order valence-electron chi connectivity index (χ1n) is 5.22. The molecule has 6 nitrogen and oxygen atoms in total. The lowest BCUT2D eigenvalue weighted by atomic mass is 10.1. The van der Waals surface area contributed by atoms with Crippen LogP contribution in [0.15, 0.2) is 18.2 Å². The average Bonchev–Trinajstić information content (AvgIpc) is 2.24. The smallest absolute Gasteiger partial charge is 0.337 e. The molecule has 0 aliphatic heterocycles. The number of nitrogens with two attached hydrogens (primary N) is 1. The van der Waals surface area contributed by atoms with Crippen molar-refractivity contribution in [3.63, 3.8) is 0 Å². The van der Waals surface area contributed by atoms with Crippen LogP contribution in [0.25, 0.3) is 0 Å². The van der Waals surface area contributed by atoms with Crippen molar-refractivity contribution >= 4 is 27.2 Å². The molecule has 0 fully saturated rings. The number of hydrogen-bond donors (Lipinski definition) is 2. The third kappa shape index (κ3) is 3.92. The fourth-order valence-electron chi connectivity index (χ4n) is 1.48. The number of aromatic carboxylic acids is 1. The molecule has 0 spiro atoms. The van der Waals surface area contributed by atoms with E-state index in [1.807, 2.05) is 0 Å². The van der Waals surface area contributed by atoms with Crippen LogP contribution in [0.4, 0.5) is 11.4 Å². The number of carboxylic acids is 1. The van der Waals surface area contributed by atoms with Crippen LogP contribution in [0, 0.1) is 0 Å². The highest BCUT2D eigenvalue weighted by molar-refractivity contribution is 7.90. The molecule has 0 aromatic heterocycles. The van der Waals surface area contributed by atoms with Crippen LogP contribution in [0.5, 0.6) is 0 Å². The minimum absolute atomic E-state index is 0.0348. The van der Waals surface area contributed by atoms with E-state index in [4.69, 9.17) is 10.8 Å². The fourth-order valence-corrected chi connectivity index (χ4v) is 2.09. The van der Waals surface area contributed by atoms with Gasteiger partial charge in [0.1, 0.15) is 9.84 Å². The van der Waals surface area contributed by atoms with E-state index in [1.54, 1.807) is 24.1 Å². The molecule has 0 bridgehead atoms. The second kappa shape index (κ2) is 5.26. The maximum atomic E-state index is 11.1. The third-order valence-corrected chi connectivity index (χ3v) is 3.38. The van der Waals surface area contributed by atoms with Crippen molar-refractivity contribution in [3.05, 3.63) is 23.8 Å². The van der Waals surface area contributed by atoms with Crippen LogP contribution >= 0.6 is 0 Å².